The molecule has 0 saturated heterocycles. The van der Waals surface area contributed by atoms with Crippen LogP contribution in [0.4, 0.5) is 0 Å². The van der Waals surface area contributed by atoms with Gasteiger partial charge < -0.3 is 5.73 Å². The maximum absolute atomic E-state index is 5.29. The zero-order chi connectivity index (χ0) is 6.95. The number of nitrogens with two attached hydrogens (primary N) is 1. The van der Waals surface area contributed by atoms with E-state index in [1.807, 2.05) is 0 Å². The Morgan fingerprint density at radius 1 is 1.22 bits per heavy atom. The van der Waals surface area contributed by atoms with E-state index in [9.17, 15) is 0 Å². The molecule has 0 unspecified atom stereocenters. The second-order valence-electron chi connectivity index (χ2n) is 2.37. The van der Waals surface area contributed by atoms with Gasteiger partial charge >= 0.3 is 0 Å². The molecule has 0 atom stereocenters. The Bertz CT molecular complexity index is 37.8. The van der Waals surface area contributed by atoms with Crippen molar-refractivity contribution in [3.8, 4) is 0 Å². The van der Waals surface area contributed by atoms with Crippen molar-refractivity contribution in [2.75, 3.05) is 6.54 Å². The molecule has 0 saturated carbocycles. The highest BCUT2D eigenvalue weighted by molar-refractivity contribution is 4.63. The van der Waals surface area contributed by atoms with Gasteiger partial charge in [-0.3, -0.25) is 0 Å². The molecule has 55 valence electrons. The second kappa shape index (κ2) is 7.96. The van der Waals surface area contributed by atoms with Crippen LogP contribution in [0.15, 0.2) is 0 Å². The number of unbranched alkanes of at least 4 members (excludes halogenated alkanes) is 5. The SMILES string of the molecule is CCCCCC[CH]CN. The fourth-order valence-corrected chi connectivity index (χ4v) is 0.833. The van der Waals surface area contributed by atoms with Crippen molar-refractivity contribution in [1.29, 1.82) is 0 Å². The molecule has 0 aromatic rings. The molecule has 0 heterocycles. The van der Waals surface area contributed by atoms with Gasteiger partial charge in [-0.05, 0) is 19.4 Å². The van der Waals surface area contributed by atoms with Gasteiger partial charge in [0.1, 0.15) is 0 Å². The first-order valence-electron chi connectivity index (χ1n) is 3.93. The minimum absolute atomic E-state index is 0.742. The van der Waals surface area contributed by atoms with Crippen LogP contribution in [0.2, 0.25) is 0 Å². The lowest BCUT2D eigenvalue weighted by atomic mass is 10.1. The molecule has 2 N–H and O–H groups in total. The van der Waals surface area contributed by atoms with E-state index in [0.717, 1.165) is 6.54 Å². The highest BCUT2D eigenvalue weighted by Gasteiger charge is 1.86. The lowest BCUT2D eigenvalue weighted by molar-refractivity contribution is 0.658. The molecule has 1 heteroatoms. The summed E-state index contributed by atoms with van der Waals surface area (Å²) in [7, 11) is 0. The van der Waals surface area contributed by atoms with Gasteiger partial charge in [-0.2, -0.15) is 0 Å². The minimum atomic E-state index is 0.742. The number of hydrogen-bond donors (Lipinski definition) is 1. The molecular weight excluding hydrogens is 110 g/mol. The Kier molecular flexibility index (Phi) is 7.92. The fourth-order valence-electron chi connectivity index (χ4n) is 0.833. The van der Waals surface area contributed by atoms with Gasteiger partial charge in [0, 0.05) is 0 Å². The van der Waals surface area contributed by atoms with E-state index in [1.165, 1.54) is 32.1 Å². The summed E-state index contributed by atoms with van der Waals surface area (Å²) in [6.45, 7) is 2.97. The van der Waals surface area contributed by atoms with Gasteiger partial charge in [0.15, 0.2) is 0 Å². The smallest absolute Gasteiger partial charge is 0.00457 e. The summed E-state index contributed by atoms with van der Waals surface area (Å²) in [5, 5.41) is 0. The maximum atomic E-state index is 5.29. The topological polar surface area (TPSA) is 26.0 Å². The summed E-state index contributed by atoms with van der Waals surface area (Å²) >= 11 is 0. The average Bonchev–Trinajstić information content (AvgIpc) is 1.89. The van der Waals surface area contributed by atoms with Crippen LogP contribution in [0.25, 0.3) is 0 Å². The van der Waals surface area contributed by atoms with Gasteiger partial charge in [-0.1, -0.05) is 32.6 Å². The van der Waals surface area contributed by atoms with E-state index in [2.05, 4.69) is 13.3 Å². The first-order chi connectivity index (χ1) is 4.41. The van der Waals surface area contributed by atoms with Crippen LogP contribution in [0.5, 0.6) is 0 Å². The molecular formula is C8H18N. The summed E-state index contributed by atoms with van der Waals surface area (Å²) in [4.78, 5) is 0. The van der Waals surface area contributed by atoms with Crippen LogP contribution in [0.1, 0.15) is 39.0 Å². The Morgan fingerprint density at radius 3 is 2.56 bits per heavy atom. The predicted molar refractivity (Wildman–Crippen MR) is 42.1 cm³/mol. The van der Waals surface area contributed by atoms with Crippen molar-refractivity contribution < 1.29 is 0 Å². The molecule has 9 heavy (non-hydrogen) atoms. The highest BCUT2D eigenvalue weighted by atomic mass is 14.5. The van der Waals surface area contributed by atoms with Crippen molar-refractivity contribution in [1.82, 2.24) is 0 Å². The summed E-state index contributed by atoms with van der Waals surface area (Å²) in [6, 6.07) is 0. The van der Waals surface area contributed by atoms with E-state index in [1.54, 1.807) is 0 Å². The third-order valence-corrected chi connectivity index (χ3v) is 1.43. The Labute approximate surface area is 58.6 Å². The van der Waals surface area contributed by atoms with Crippen LogP contribution in [-0.2, 0) is 0 Å². The Balaban J connectivity index is 2.60. The molecule has 0 bridgehead atoms. The van der Waals surface area contributed by atoms with E-state index < -0.39 is 0 Å². The zero-order valence-corrected chi connectivity index (χ0v) is 6.40. The molecule has 0 spiro atoms. The molecule has 0 aliphatic carbocycles. The Morgan fingerprint density at radius 2 is 2.00 bits per heavy atom. The summed E-state index contributed by atoms with van der Waals surface area (Å²) in [6.07, 6.45) is 8.74. The first-order valence-corrected chi connectivity index (χ1v) is 3.93. The van der Waals surface area contributed by atoms with Crippen molar-refractivity contribution >= 4 is 0 Å². The first kappa shape index (κ1) is 8.96. The van der Waals surface area contributed by atoms with Crippen LogP contribution in [0.3, 0.4) is 0 Å². The predicted octanol–water partition coefficient (Wildman–Crippen LogP) is 2.12. The zero-order valence-electron chi connectivity index (χ0n) is 6.40. The van der Waals surface area contributed by atoms with Crippen LogP contribution in [-0.4, -0.2) is 6.54 Å². The molecule has 0 fully saturated rings. The molecule has 0 aliphatic rings. The van der Waals surface area contributed by atoms with Crippen LogP contribution >= 0.6 is 0 Å². The average molecular weight is 128 g/mol. The van der Waals surface area contributed by atoms with Gasteiger partial charge in [0.25, 0.3) is 0 Å². The van der Waals surface area contributed by atoms with Crippen LogP contribution < -0.4 is 5.73 Å². The van der Waals surface area contributed by atoms with E-state index >= 15 is 0 Å². The largest absolute Gasteiger partial charge is 0.330 e. The lowest BCUT2D eigenvalue weighted by Crippen LogP contribution is -1.98. The molecule has 1 nitrogen and oxygen atoms in total. The quantitative estimate of drug-likeness (QED) is 0.545. The molecule has 0 aliphatic heterocycles. The molecule has 0 aromatic heterocycles. The lowest BCUT2D eigenvalue weighted by Gasteiger charge is -1.95. The molecule has 1 radical (unpaired) electrons. The van der Waals surface area contributed by atoms with Gasteiger partial charge in [-0.15, -0.1) is 0 Å². The van der Waals surface area contributed by atoms with E-state index in [0.29, 0.717) is 0 Å². The molecule has 0 aromatic carbocycles. The third-order valence-electron chi connectivity index (χ3n) is 1.43. The van der Waals surface area contributed by atoms with Crippen molar-refractivity contribution in [2.24, 2.45) is 5.73 Å². The van der Waals surface area contributed by atoms with E-state index in [-0.39, 0.29) is 0 Å². The van der Waals surface area contributed by atoms with E-state index in [4.69, 9.17) is 5.73 Å². The number of hydrogen-bond acceptors (Lipinski definition) is 1. The Hall–Kier alpha value is -0.0400. The van der Waals surface area contributed by atoms with Crippen LogP contribution in [0, 0.1) is 6.42 Å². The fraction of sp³-hybridized carbons (Fsp3) is 0.875. The number of rotatable bonds is 6. The molecule has 0 amide bonds. The van der Waals surface area contributed by atoms with Crippen molar-refractivity contribution in [3.63, 3.8) is 0 Å². The van der Waals surface area contributed by atoms with Gasteiger partial charge in [-0.25, -0.2) is 0 Å². The summed E-state index contributed by atoms with van der Waals surface area (Å²) in [5.41, 5.74) is 5.29. The second-order valence-corrected chi connectivity index (χ2v) is 2.37. The third kappa shape index (κ3) is 7.96. The maximum Gasteiger partial charge on any atom is -0.00457 e. The minimum Gasteiger partial charge on any atom is -0.330 e. The summed E-state index contributed by atoms with van der Waals surface area (Å²) < 4.78 is 0. The standard InChI is InChI=1S/C8H18N/c1-2-3-4-5-6-7-8-9/h7H,2-6,8-9H2,1H3. The highest BCUT2D eigenvalue weighted by Crippen LogP contribution is 2.02. The van der Waals surface area contributed by atoms with Gasteiger partial charge in [0.05, 0.1) is 0 Å². The molecule has 0 rings (SSSR count). The van der Waals surface area contributed by atoms with Crippen molar-refractivity contribution in [2.45, 2.75) is 39.0 Å². The normalized spacial score (nSPS) is 10.0. The van der Waals surface area contributed by atoms with Gasteiger partial charge in [0.2, 0.25) is 0 Å². The summed E-state index contributed by atoms with van der Waals surface area (Å²) in [5.74, 6) is 0. The monoisotopic (exact) mass is 128 g/mol. The van der Waals surface area contributed by atoms with Crippen molar-refractivity contribution in [3.05, 3.63) is 6.42 Å².